The van der Waals surface area contributed by atoms with Gasteiger partial charge >= 0.3 is 0 Å². The van der Waals surface area contributed by atoms with Gasteiger partial charge in [0.2, 0.25) is 5.91 Å². The lowest BCUT2D eigenvalue weighted by Crippen LogP contribution is -2.52. The van der Waals surface area contributed by atoms with Gasteiger partial charge in [0.15, 0.2) is 0 Å². The zero-order valence-corrected chi connectivity index (χ0v) is 16.8. The molecule has 0 aliphatic heterocycles. The van der Waals surface area contributed by atoms with Crippen LogP contribution in [0, 0.1) is 5.92 Å². The van der Waals surface area contributed by atoms with Gasteiger partial charge in [-0.05, 0) is 30.9 Å². The molecule has 1 aliphatic rings. The Morgan fingerprint density at radius 1 is 0.963 bits per heavy atom. The van der Waals surface area contributed by atoms with E-state index in [1.165, 1.54) is 27.1 Å². The highest BCUT2D eigenvalue weighted by Gasteiger charge is 2.27. The predicted octanol–water partition coefficient (Wildman–Crippen LogP) is 3.30. The second kappa shape index (κ2) is 10.2. The third-order valence-corrected chi connectivity index (χ3v) is 5.05. The maximum Gasteiger partial charge on any atom is 0.252 e. The summed E-state index contributed by atoms with van der Waals surface area (Å²) in [6.07, 6.45) is 6.78. The lowest BCUT2D eigenvalue weighted by molar-refractivity contribution is -0.124. The number of hydrogen-bond acceptors (Lipinski definition) is 4. The monoisotopic (exact) mass is 376 g/mol. The van der Waals surface area contributed by atoms with Crippen molar-refractivity contribution in [3.05, 3.63) is 23.8 Å². The summed E-state index contributed by atoms with van der Waals surface area (Å²) in [5.41, 5.74) is 0.402. The van der Waals surface area contributed by atoms with Gasteiger partial charge in [0.05, 0.1) is 14.2 Å². The van der Waals surface area contributed by atoms with E-state index in [9.17, 15) is 9.59 Å². The highest BCUT2D eigenvalue weighted by molar-refractivity contribution is 5.98. The van der Waals surface area contributed by atoms with Crippen molar-refractivity contribution in [1.82, 2.24) is 10.6 Å². The molecule has 1 fully saturated rings. The number of carbonyl (C=O) groups is 2. The van der Waals surface area contributed by atoms with Crippen LogP contribution in [0.15, 0.2) is 18.2 Å². The highest BCUT2D eigenvalue weighted by Crippen LogP contribution is 2.23. The first kappa shape index (κ1) is 21.1. The first-order valence-corrected chi connectivity index (χ1v) is 9.79. The van der Waals surface area contributed by atoms with Gasteiger partial charge in [-0.3, -0.25) is 9.59 Å². The quantitative estimate of drug-likeness (QED) is 0.716. The Hall–Kier alpha value is -2.24. The van der Waals surface area contributed by atoms with E-state index < -0.39 is 6.04 Å². The molecule has 0 aromatic heterocycles. The minimum Gasteiger partial charge on any atom is -0.497 e. The van der Waals surface area contributed by atoms with E-state index in [1.807, 2.05) is 13.8 Å². The number of benzene rings is 1. The molecule has 1 saturated carbocycles. The topological polar surface area (TPSA) is 76.7 Å². The van der Waals surface area contributed by atoms with Gasteiger partial charge in [0.25, 0.3) is 5.91 Å². The predicted molar refractivity (Wildman–Crippen MR) is 105 cm³/mol. The molecule has 1 atom stereocenters. The fourth-order valence-corrected chi connectivity index (χ4v) is 3.41. The van der Waals surface area contributed by atoms with Gasteiger partial charge < -0.3 is 20.1 Å². The van der Waals surface area contributed by atoms with Crippen molar-refractivity contribution in [1.29, 1.82) is 0 Å². The zero-order chi connectivity index (χ0) is 19.8. The van der Waals surface area contributed by atoms with Crippen LogP contribution in [0.4, 0.5) is 0 Å². The fraction of sp³-hybridized carbons (Fsp3) is 0.619. The molecule has 0 spiro atoms. The minimum absolute atomic E-state index is 0.0211. The summed E-state index contributed by atoms with van der Waals surface area (Å²) in [7, 11) is 3.07. The molecular formula is C21H32N2O4. The Morgan fingerprint density at radius 2 is 1.52 bits per heavy atom. The third kappa shape index (κ3) is 6.15. The second-order valence-corrected chi connectivity index (χ2v) is 7.49. The van der Waals surface area contributed by atoms with Crippen LogP contribution in [-0.2, 0) is 4.79 Å². The van der Waals surface area contributed by atoms with E-state index in [4.69, 9.17) is 9.47 Å². The number of hydrogen-bond donors (Lipinski definition) is 2. The highest BCUT2D eigenvalue weighted by atomic mass is 16.5. The van der Waals surface area contributed by atoms with Crippen molar-refractivity contribution in [2.24, 2.45) is 5.92 Å². The van der Waals surface area contributed by atoms with Crippen molar-refractivity contribution in [2.75, 3.05) is 14.2 Å². The molecule has 2 rings (SSSR count). The standard InChI is InChI=1S/C21H32N2O4/c1-14(2)19(21(25)22-16-9-7-5-6-8-10-16)23-20(24)15-11-17(26-3)13-18(12-15)27-4/h11-14,16,19H,5-10H2,1-4H3,(H,22,25)(H,23,24)/t19-/m0/s1. The lowest BCUT2D eigenvalue weighted by Gasteiger charge is -2.25. The smallest absolute Gasteiger partial charge is 0.252 e. The largest absolute Gasteiger partial charge is 0.497 e. The maximum absolute atomic E-state index is 12.8. The molecule has 27 heavy (non-hydrogen) atoms. The molecule has 1 aromatic rings. The Balaban J connectivity index is 2.08. The summed E-state index contributed by atoms with van der Waals surface area (Å²) in [5.74, 6) is 0.612. The number of carbonyl (C=O) groups excluding carboxylic acids is 2. The minimum atomic E-state index is -0.585. The SMILES string of the molecule is COc1cc(OC)cc(C(=O)N[C@H](C(=O)NC2CCCCCC2)C(C)C)c1. The van der Waals surface area contributed by atoms with Crippen molar-refractivity contribution < 1.29 is 19.1 Å². The van der Waals surface area contributed by atoms with Gasteiger partial charge in [-0.25, -0.2) is 0 Å². The first-order chi connectivity index (χ1) is 12.9. The van der Waals surface area contributed by atoms with Crippen LogP contribution in [0.5, 0.6) is 11.5 Å². The molecule has 1 aromatic carbocycles. The molecule has 6 nitrogen and oxygen atoms in total. The van der Waals surface area contributed by atoms with E-state index >= 15 is 0 Å². The van der Waals surface area contributed by atoms with Gasteiger partial charge in [-0.2, -0.15) is 0 Å². The van der Waals surface area contributed by atoms with Gasteiger partial charge in [0, 0.05) is 17.7 Å². The fourth-order valence-electron chi connectivity index (χ4n) is 3.41. The van der Waals surface area contributed by atoms with Crippen molar-refractivity contribution in [2.45, 2.75) is 64.5 Å². The Kier molecular flexibility index (Phi) is 7.95. The number of amides is 2. The summed E-state index contributed by atoms with van der Waals surface area (Å²) >= 11 is 0. The van der Waals surface area contributed by atoms with Crippen molar-refractivity contribution >= 4 is 11.8 Å². The number of methoxy groups -OCH3 is 2. The summed E-state index contributed by atoms with van der Waals surface area (Å²) < 4.78 is 10.4. The van der Waals surface area contributed by atoms with Crippen LogP contribution >= 0.6 is 0 Å². The lowest BCUT2D eigenvalue weighted by atomic mass is 10.0. The van der Waals surface area contributed by atoms with E-state index in [0.29, 0.717) is 17.1 Å². The molecule has 1 aliphatic carbocycles. The summed E-state index contributed by atoms with van der Waals surface area (Å²) in [4.78, 5) is 25.5. The molecule has 2 N–H and O–H groups in total. The molecule has 0 heterocycles. The average Bonchev–Trinajstić information content (AvgIpc) is 2.93. The number of rotatable bonds is 7. The van der Waals surface area contributed by atoms with E-state index in [-0.39, 0.29) is 23.8 Å². The summed E-state index contributed by atoms with van der Waals surface area (Å²) in [6, 6.07) is 4.60. The van der Waals surface area contributed by atoms with Crippen molar-refractivity contribution in [3.63, 3.8) is 0 Å². The molecule has 0 saturated heterocycles. The van der Waals surface area contributed by atoms with Crippen LogP contribution in [0.3, 0.4) is 0 Å². The average molecular weight is 376 g/mol. The number of nitrogens with one attached hydrogen (secondary N) is 2. The summed E-state index contributed by atoms with van der Waals surface area (Å²) in [6.45, 7) is 3.87. The second-order valence-electron chi connectivity index (χ2n) is 7.49. The number of ether oxygens (including phenoxy) is 2. The normalized spacial score (nSPS) is 16.3. The summed E-state index contributed by atoms with van der Waals surface area (Å²) in [5, 5.41) is 6.02. The van der Waals surface area contributed by atoms with Gasteiger partial charge in [0.1, 0.15) is 17.5 Å². The van der Waals surface area contributed by atoms with E-state index in [2.05, 4.69) is 10.6 Å². The molecule has 0 unspecified atom stereocenters. The van der Waals surface area contributed by atoms with Gasteiger partial charge in [-0.1, -0.05) is 39.5 Å². The van der Waals surface area contributed by atoms with Crippen LogP contribution in [-0.4, -0.2) is 38.1 Å². The molecule has 6 heteroatoms. The molecular weight excluding hydrogens is 344 g/mol. The molecule has 0 radical (unpaired) electrons. The Bertz CT molecular complexity index is 615. The van der Waals surface area contributed by atoms with E-state index in [0.717, 1.165) is 25.7 Å². The zero-order valence-electron chi connectivity index (χ0n) is 16.8. The van der Waals surface area contributed by atoms with Crippen LogP contribution < -0.4 is 20.1 Å². The third-order valence-electron chi connectivity index (χ3n) is 5.05. The van der Waals surface area contributed by atoms with Crippen LogP contribution in [0.2, 0.25) is 0 Å². The Morgan fingerprint density at radius 3 is 2.00 bits per heavy atom. The first-order valence-electron chi connectivity index (χ1n) is 9.79. The Labute approximate surface area is 162 Å². The van der Waals surface area contributed by atoms with Crippen molar-refractivity contribution in [3.8, 4) is 11.5 Å². The van der Waals surface area contributed by atoms with E-state index in [1.54, 1.807) is 18.2 Å². The van der Waals surface area contributed by atoms with Crippen LogP contribution in [0.1, 0.15) is 62.7 Å². The molecule has 2 amide bonds. The molecule has 0 bridgehead atoms. The maximum atomic E-state index is 12.8. The van der Waals surface area contributed by atoms with Crippen LogP contribution in [0.25, 0.3) is 0 Å². The molecule has 150 valence electrons. The van der Waals surface area contributed by atoms with Gasteiger partial charge in [-0.15, -0.1) is 0 Å².